The van der Waals surface area contributed by atoms with E-state index in [0.717, 1.165) is 51.5 Å². The Labute approximate surface area is 111 Å². The molecule has 1 aliphatic heterocycles. The Kier molecular flexibility index (Phi) is 4.66. The lowest BCUT2D eigenvalue weighted by Gasteiger charge is -2.32. The fourth-order valence-electron chi connectivity index (χ4n) is 3.52. The lowest BCUT2D eigenvalue weighted by molar-refractivity contribution is -0.138. The molecule has 18 heavy (non-hydrogen) atoms. The van der Waals surface area contributed by atoms with Gasteiger partial charge in [0.05, 0.1) is 12.0 Å². The minimum atomic E-state index is -0.693. The summed E-state index contributed by atoms with van der Waals surface area (Å²) in [5.41, 5.74) is -0.693. The average Bonchev–Trinajstić information content (AvgIpc) is 2.65. The van der Waals surface area contributed by atoms with Gasteiger partial charge in [-0.15, -0.1) is 0 Å². The van der Waals surface area contributed by atoms with Crippen molar-refractivity contribution in [3.8, 4) is 0 Å². The average molecular weight is 253 g/mol. The van der Waals surface area contributed by atoms with Crippen molar-refractivity contribution in [1.82, 2.24) is 4.90 Å². The predicted molar refractivity (Wildman–Crippen MR) is 72.3 cm³/mol. The summed E-state index contributed by atoms with van der Waals surface area (Å²) < 4.78 is 0. The molecule has 0 bridgehead atoms. The van der Waals surface area contributed by atoms with E-state index in [4.69, 9.17) is 0 Å². The Bertz CT molecular complexity index is 284. The zero-order valence-corrected chi connectivity index (χ0v) is 11.7. The van der Waals surface area contributed by atoms with Crippen LogP contribution in [0.2, 0.25) is 0 Å². The third-order valence-corrected chi connectivity index (χ3v) is 4.68. The molecule has 1 atom stereocenters. The molecular weight excluding hydrogens is 226 g/mol. The lowest BCUT2D eigenvalue weighted by Crippen LogP contribution is -2.43. The zero-order valence-electron chi connectivity index (χ0n) is 11.7. The van der Waals surface area contributed by atoms with Gasteiger partial charge in [-0.1, -0.05) is 32.6 Å². The second kappa shape index (κ2) is 6.05. The van der Waals surface area contributed by atoms with Crippen molar-refractivity contribution in [3.63, 3.8) is 0 Å². The van der Waals surface area contributed by atoms with E-state index in [1.807, 2.05) is 0 Å². The molecule has 0 aromatic rings. The normalized spacial score (nSPS) is 28.1. The molecule has 0 aromatic carbocycles. The van der Waals surface area contributed by atoms with Gasteiger partial charge in [-0.3, -0.25) is 4.79 Å². The fraction of sp³-hybridized carbons (Fsp3) is 0.933. The van der Waals surface area contributed by atoms with Crippen molar-refractivity contribution in [2.75, 3.05) is 6.54 Å². The second-order valence-electron chi connectivity index (χ2n) is 6.11. The van der Waals surface area contributed by atoms with Crippen LogP contribution in [0.4, 0.5) is 0 Å². The molecule has 2 fully saturated rings. The molecule has 1 heterocycles. The number of aliphatic hydroxyl groups is 1. The van der Waals surface area contributed by atoms with Gasteiger partial charge in [-0.2, -0.15) is 0 Å². The van der Waals surface area contributed by atoms with Crippen LogP contribution in [0.5, 0.6) is 0 Å². The van der Waals surface area contributed by atoms with Gasteiger partial charge in [-0.05, 0) is 32.1 Å². The van der Waals surface area contributed by atoms with Gasteiger partial charge >= 0.3 is 0 Å². The SMILES string of the molecule is CCC1CCCCCN1C(=O)CC1(O)CCCC1. The van der Waals surface area contributed by atoms with Crippen LogP contribution >= 0.6 is 0 Å². The number of carbonyl (C=O) groups is 1. The highest BCUT2D eigenvalue weighted by Crippen LogP contribution is 2.33. The molecule has 2 aliphatic rings. The molecule has 1 N–H and O–H groups in total. The van der Waals surface area contributed by atoms with Crippen LogP contribution in [0.3, 0.4) is 0 Å². The summed E-state index contributed by atoms with van der Waals surface area (Å²) in [6.07, 6.45) is 9.90. The Morgan fingerprint density at radius 2 is 1.94 bits per heavy atom. The Balaban J connectivity index is 1.96. The summed E-state index contributed by atoms with van der Waals surface area (Å²) in [5.74, 6) is 0.188. The van der Waals surface area contributed by atoms with Crippen molar-refractivity contribution in [3.05, 3.63) is 0 Å². The third-order valence-electron chi connectivity index (χ3n) is 4.68. The topological polar surface area (TPSA) is 40.5 Å². The van der Waals surface area contributed by atoms with Crippen LogP contribution in [-0.2, 0) is 4.79 Å². The summed E-state index contributed by atoms with van der Waals surface area (Å²) in [4.78, 5) is 14.5. The molecule has 104 valence electrons. The molecule has 3 nitrogen and oxygen atoms in total. The van der Waals surface area contributed by atoms with Crippen molar-refractivity contribution in [1.29, 1.82) is 0 Å². The Hall–Kier alpha value is -0.570. The lowest BCUT2D eigenvalue weighted by atomic mass is 9.96. The number of amides is 1. The monoisotopic (exact) mass is 253 g/mol. The number of hydrogen-bond acceptors (Lipinski definition) is 2. The maximum atomic E-state index is 12.4. The van der Waals surface area contributed by atoms with Crippen molar-refractivity contribution < 1.29 is 9.90 Å². The van der Waals surface area contributed by atoms with Gasteiger partial charge in [0.15, 0.2) is 0 Å². The van der Waals surface area contributed by atoms with E-state index in [9.17, 15) is 9.90 Å². The number of likely N-dealkylation sites (tertiary alicyclic amines) is 1. The van der Waals surface area contributed by atoms with Gasteiger partial charge in [0, 0.05) is 12.6 Å². The predicted octanol–water partition coefficient (Wildman–Crippen LogP) is 2.86. The highest BCUT2D eigenvalue weighted by atomic mass is 16.3. The maximum absolute atomic E-state index is 12.4. The maximum Gasteiger partial charge on any atom is 0.225 e. The van der Waals surface area contributed by atoms with Gasteiger partial charge in [-0.25, -0.2) is 0 Å². The highest BCUT2D eigenvalue weighted by molar-refractivity contribution is 5.77. The summed E-state index contributed by atoms with van der Waals surface area (Å²) in [6.45, 7) is 3.06. The second-order valence-corrected chi connectivity index (χ2v) is 6.11. The van der Waals surface area contributed by atoms with Gasteiger partial charge in [0.1, 0.15) is 0 Å². The van der Waals surface area contributed by atoms with Crippen LogP contribution in [0.15, 0.2) is 0 Å². The minimum Gasteiger partial charge on any atom is -0.389 e. The third kappa shape index (κ3) is 3.25. The van der Waals surface area contributed by atoms with E-state index in [2.05, 4.69) is 11.8 Å². The van der Waals surface area contributed by atoms with Gasteiger partial charge < -0.3 is 10.0 Å². The molecule has 1 saturated heterocycles. The largest absolute Gasteiger partial charge is 0.389 e. The van der Waals surface area contributed by atoms with Crippen LogP contribution in [0.1, 0.15) is 71.1 Å². The standard InChI is InChI=1S/C15H27NO2/c1-2-13-8-4-3-7-11-16(13)14(17)12-15(18)9-5-6-10-15/h13,18H,2-12H2,1H3. The quantitative estimate of drug-likeness (QED) is 0.840. The molecule has 1 unspecified atom stereocenters. The van der Waals surface area contributed by atoms with E-state index in [1.165, 1.54) is 12.8 Å². The van der Waals surface area contributed by atoms with Gasteiger partial charge in [0.25, 0.3) is 0 Å². The molecule has 0 radical (unpaired) electrons. The van der Waals surface area contributed by atoms with Crippen LogP contribution in [-0.4, -0.2) is 34.1 Å². The van der Waals surface area contributed by atoms with Crippen molar-refractivity contribution in [2.45, 2.75) is 82.8 Å². The molecular formula is C15H27NO2. The molecule has 1 amide bonds. The van der Waals surface area contributed by atoms with Gasteiger partial charge in [0.2, 0.25) is 5.91 Å². The number of nitrogens with zero attached hydrogens (tertiary/aromatic N) is 1. The molecule has 2 rings (SSSR count). The molecule has 3 heteroatoms. The first-order chi connectivity index (χ1) is 8.64. The molecule has 1 aliphatic carbocycles. The zero-order chi connectivity index (χ0) is 13.0. The van der Waals surface area contributed by atoms with E-state index >= 15 is 0 Å². The van der Waals surface area contributed by atoms with E-state index < -0.39 is 5.60 Å². The van der Waals surface area contributed by atoms with E-state index in [0.29, 0.717) is 12.5 Å². The molecule has 0 spiro atoms. The van der Waals surface area contributed by atoms with Crippen LogP contribution in [0, 0.1) is 0 Å². The number of rotatable bonds is 3. The summed E-state index contributed by atoms with van der Waals surface area (Å²) in [7, 11) is 0. The number of carbonyl (C=O) groups excluding carboxylic acids is 1. The molecule has 1 saturated carbocycles. The van der Waals surface area contributed by atoms with Crippen molar-refractivity contribution >= 4 is 5.91 Å². The first-order valence-corrected chi connectivity index (χ1v) is 7.66. The number of hydrogen-bond donors (Lipinski definition) is 1. The van der Waals surface area contributed by atoms with Crippen molar-refractivity contribution in [2.24, 2.45) is 0 Å². The van der Waals surface area contributed by atoms with E-state index in [-0.39, 0.29) is 5.91 Å². The highest BCUT2D eigenvalue weighted by Gasteiger charge is 2.36. The summed E-state index contributed by atoms with van der Waals surface area (Å²) >= 11 is 0. The van der Waals surface area contributed by atoms with Crippen LogP contribution < -0.4 is 0 Å². The molecule has 0 aromatic heterocycles. The first-order valence-electron chi connectivity index (χ1n) is 7.66. The smallest absolute Gasteiger partial charge is 0.225 e. The van der Waals surface area contributed by atoms with Crippen LogP contribution in [0.25, 0.3) is 0 Å². The first kappa shape index (κ1) is 13.9. The van der Waals surface area contributed by atoms with E-state index in [1.54, 1.807) is 0 Å². The fourth-order valence-corrected chi connectivity index (χ4v) is 3.52. The minimum absolute atomic E-state index is 0.188. The Morgan fingerprint density at radius 1 is 1.22 bits per heavy atom. The Morgan fingerprint density at radius 3 is 2.61 bits per heavy atom. The summed E-state index contributed by atoms with van der Waals surface area (Å²) in [6, 6.07) is 0.407. The summed E-state index contributed by atoms with van der Waals surface area (Å²) in [5, 5.41) is 10.4.